The Hall–Kier alpha value is -2.14. The number of hydrogen-bond acceptors (Lipinski definition) is 4. The van der Waals surface area contributed by atoms with E-state index in [-0.39, 0.29) is 5.78 Å². The summed E-state index contributed by atoms with van der Waals surface area (Å²) in [5, 5.41) is 3.16. The number of carbonyl (C=O) groups is 1. The summed E-state index contributed by atoms with van der Waals surface area (Å²) in [5.41, 5.74) is 0.702. The van der Waals surface area contributed by atoms with Crippen LogP contribution in [0.25, 0.3) is 0 Å². The van der Waals surface area contributed by atoms with Crippen LogP contribution in [0.1, 0.15) is 16.8 Å². The van der Waals surface area contributed by atoms with E-state index in [1.165, 1.54) is 0 Å². The van der Waals surface area contributed by atoms with Gasteiger partial charge in [-0.2, -0.15) is 0 Å². The zero-order valence-electron chi connectivity index (χ0n) is 11.6. The second-order valence-electron chi connectivity index (χ2n) is 4.48. The van der Waals surface area contributed by atoms with Crippen LogP contribution in [0.4, 0.5) is 0 Å². The minimum Gasteiger partial charge on any atom is -0.497 e. The second kappa shape index (κ2) is 7.45. The first-order chi connectivity index (χ1) is 9.79. The third kappa shape index (κ3) is 4.20. The van der Waals surface area contributed by atoms with Crippen molar-refractivity contribution >= 4 is 5.78 Å². The Kier molecular flexibility index (Phi) is 5.32. The van der Waals surface area contributed by atoms with E-state index in [2.05, 4.69) is 10.3 Å². The highest BCUT2D eigenvalue weighted by molar-refractivity contribution is 5.97. The molecule has 0 spiro atoms. The van der Waals surface area contributed by atoms with Gasteiger partial charge in [-0.1, -0.05) is 0 Å². The van der Waals surface area contributed by atoms with Crippen molar-refractivity contribution < 1.29 is 9.53 Å². The van der Waals surface area contributed by atoms with E-state index in [0.717, 1.165) is 25.3 Å². The van der Waals surface area contributed by atoms with Gasteiger partial charge in [-0.3, -0.25) is 4.79 Å². The fourth-order valence-corrected chi connectivity index (χ4v) is 1.89. The zero-order valence-corrected chi connectivity index (χ0v) is 11.6. The highest BCUT2D eigenvalue weighted by Crippen LogP contribution is 2.11. The summed E-state index contributed by atoms with van der Waals surface area (Å²) < 4.78 is 7.08. The first-order valence-corrected chi connectivity index (χ1v) is 6.63. The molecular weight excluding hydrogens is 254 g/mol. The molecule has 1 N–H and O–H groups in total. The Bertz CT molecular complexity index is 521. The van der Waals surface area contributed by atoms with Crippen molar-refractivity contribution in [2.24, 2.45) is 0 Å². The number of ether oxygens (including phenoxy) is 1. The number of hydrogen-bond donors (Lipinski definition) is 1. The monoisotopic (exact) mass is 273 g/mol. The molecule has 1 aromatic heterocycles. The van der Waals surface area contributed by atoms with Crippen LogP contribution in [0.2, 0.25) is 0 Å². The molecule has 0 fully saturated rings. The van der Waals surface area contributed by atoms with Crippen LogP contribution in [0, 0.1) is 0 Å². The highest BCUT2D eigenvalue weighted by atomic mass is 16.5. The van der Waals surface area contributed by atoms with E-state index in [9.17, 15) is 4.79 Å². The summed E-state index contributed by atoms with van der Waals surface area (Å²) in [7, 11) is 1.61. The summed E-state index contributed by atoms with van der Waals surface area (Å²) in [6.07, 6.45) is 6.46. The van der Waals surface area contributed by atoms with Gasteiger partial charge in [0.05, 0.1) is 20.0 Å². The topological polar surface area (TPSA) is 56.1 Å². The molecule has 106 valence electrons. The quantitative estimate of drug-likeness (QED) is 0.588. The van der Waals surface area contributed by atoms with Gasteiger partial charge in [0.25, 0.3) is 0 Å². The number of aromatic nitrogens is 2. The minimum absolute atomic E-state index is 0.0929. The lowest BCUT2D eigenvalue weighted by atomic mass is 10.1. The van der Waals surface area contributed by atoms with Gasteiger partial charge in [0.15, 0.2) is 5.78 Å². The van der Waals surface area contributed by atoms with E-state index in [0.29, 0.717) is 12.1 Å². The fourth-order valence-electron chi connectivity index (χ4n) is 1.89. The number of nitrogens with one attached hydrogen (secondary N) is 1. The number of rotatable bonds is 8. The zero-order chi connectivity index (χ0) is 14.2. The number of carbonyl (C=O) groups excluding carboxylic acids is 1. The van der Waals surface area contributed by atoms with Gasteiger partial charge in [-0.25, -0.2) is 4.98 Å². The van der Waals surface area contributed by atoms with Crippen molar-refractivity contribution in [2.45, 2.75) is 13.0 Å². The summed E-state index contributed by atoms with van der Waals surface area (Å²) in [6.45, 7) is 2.07. The van der Waals surface area contributed by atoms with Gasteiger partial charge < -0.3 is 14.6 Å². The van der Waals surface area contributed by atoms with Gasteiger partial charge in [-0.05, 0) is 37.2 Å². The maximum absolute atomic E-state index is 11.9. The lowest BCUT2D eigenvalue weighted by Gasteiger charge is -2.06. The molecule has 5 nitrogen and oxygen atoms in total. The highest BCUT2D eigenvalue weighted by Gasteiger charge is 2.04. The van der Waals surface area contributed by atoms with Crippen LogP contribution in [-0.4, -0.2) is 35.5 Å². The molecule has 2 rings (SSSR count). The molecule has 5 heteroatoms. The number of imidazole rings is 1. The largest absolute Gasteiger partial charge is 0.497 e. The smallest absolute Gasteiger partial charge is 0.176 e. The maximum Gasteiger partial charge on any atom is 0.176 e. The first kappa shape index (κ1) is 14.3. The van der Waals surface area contributed by atoms with E-state index >= 15 is 0 Å². The molecule has 2 aromatic rings. The second-order valence-corrected chi connectivity index (χ2v) is 4.48. The van der Waals surface area contributed by atoms with Crippen LogP contribution in [0.5, 0.6) is 5.75 Å². The Labute approximate surface area is 118 Å². The summed E-state index contributed by atoms with van der Waals surface area (Å²) in [4.78, 5) is 15.9. The molecule has 0 bridgehead atoms. The molecule has 0 aliphatic rings. The number of ketones is 1. The normalized spacial score (nSPS) is 10.4. The van der Waals surface area contributed by atoms with Crippen molar-refractivity contribution in [3.8, 4) is 5.75 Å². The number of Topliss-reactive ketones (excluding diaryl/α,β-unsaturated/α-hetero) is 1. The summed E-state index contributed by atoms with van der Waals surface area (Å²) in [6, 6.07) is 7.17. The Morgan fingerprint density at radius 2 is 2.15 bits per heavy atom. The Morgan fingerprint density at radius 3 is 2.80 bits per heavy atom. The predicted molar refractivity (Wildman–Crippen MR) is 77.0 cm³/mol. The van der Waals surface area contributed by atoms with Gasteiger partial charge >= 0.3 is 0 Å². The molecule has 0 saturated heterocycles. The van der Waals surface area contributed by atoms with Gasteiger partial charge in [0, 0.05) is 24.5 Å². The fraction of sp³-hybridized carbons (Fsp3) is 0.333. The molecular formula is C15H19N3O2. The third-order valence-electron chi connectivity index (χ3n) is 3.03. The number of aryl methyl sites for hydroxylation is 1. The van der Waals surface area contributed by atoms with E-state index in [1.807, 2.05) is 10.8 Å². The maximum atomic E-state index is 11.9. The molecule has 0 aliphatic carbocycles. The van der Waals surface area contributed by atoms with Crippen LogP contribution in [-0.2, 0) is 6.54 Å². The molecule has 0 saturated carbocycles. The molecule has 1 heterocycles. The van der Waals surface area contributed by atoms with Crippen LogP contribution < -0.4 is 10.1 Å². The Morgan fingerprint density at radius 1 is 1.35 bits per heavy atom. The summed E-state index contributed by atoms with van der Waals surface area (Å²) in [5.74, 6) is 0.852. The molecule has 0 unspecified atom stereocenters. The average molecular weight is 273 g/mol. The van der Waals surface area contributed by atoms with E-state index in [1.54, 1.807) is 43.9 Å². The van der Waals surface area contributed by atoms with Crippen molar-refractivity contribution in [3.63, 3.8) is 0 Å². The lowest BCUT2D eigenvalue weighted by Crippen LogP contribution is -2.24. The van der Waals surface area contributed by atoms with Crippen molar-refractivity contribution in [3.05, 3.63) is 48.5 Å². The predicted octanol–water partition coefficient (Wildman–Crippen LogP) is 1.75. The number of benzene rings is 1. The Balaban J connectivity index is 1.66. The van der Waals surface area contributed by atoms with E-state index in [4.69, 9.17) is 4.74 Å². The molecule has 0 radical (unpaired) electrons. The molecule has 0 aliphatic heterocycles. The van der Waals surface area contributed by atoms with Crippen LogP contribution >= 0.6 is 0 Å². The molecule has 20 heavy (non-hydrogen) atoms. The molecule has 0 amide bonds. The molecule has 0 atom stereocenters. The van der Waals surface area contributed by atoms with Crippen molar-refractivity contribution in [2.75, 3.05) is 20.2 Å². The van der Waals surface area contributed by atoms with Gasteiger partial charge in [0.2, 0.25) is 0 Å². The molecule has 1 aromatic carbocycles. The lowest BCUT2D eigenvalue weighted by molar-refractivity contribution is 0.0991. The van der Waals surface area contributed by atoms with Crippen LogP contribution in [0.15, 0.2) is 43.0 Å². The average Bonchev–Trinajstić information content (AvgIpc) is 3.00. The number of nitrogens with zero attached hydrogens (tertiary/aromatic N) is 2. The summed E-state index contributed by atoms with van der Waals surface area (Å²) >= 11 is 0. The standard InChI is InChI=1S/C15H19N3O2/c1-20-14-5-3-13(4-6-14)15(19)11-16-7-2-9-18-10-8-17-12-18/h3-6,8,10,12,16H,2,7,9,11H2,1H3. The minimum atomic E-state index is 0.0929. The number of methoxy groups -OCH3 is 1. The third-order valence-corrected chi connectivity index (χ3v) is 3.03. The van der Waals surface area contributed by atoms with Gasteiger partial charge in [-0.15, -0.1) is 0 Å². The van der Waals surface area contributed by atoms with E-state index < -0.39 is 0 Å². The first-order valence-electron chi connectivity index (χ1n) is 6.63. The van der Waals surface area contributed by atoms with Crippen LogP contribution in [0.3, 0.4) is 0 Å². The van der Waals surface area contributed by atoms with Crippen molar-refractivity contribution in [1.29, 1.82) is 0 Å². The van der Waals surface area contributed by atoms with Gasteiger partial charge in [0.1, 0.15) is 5.75 Å². The SMILES string of the molecule is COc1ccc(C(=O)CNCCCn2ccnc2)cc1. The van der Waals surface area contributed by atoms with Crippen molar-refractivity contribution in [1.82, 2.24) is 14.9 Å².